The van der Waals surface area contributed by atoms with Gasteiger partial charge in [0.1, 0.15) is 22.5 Å². The first kappa shape index (κ1) is 16.4. The summed E-state index contributed by atoms with van der Waals surface area (Å²) in [5.41, 5.74) is 2.06. The highest BCUT2D eigenvalue weighted by atomic mass is 32.2. The minimum atomic E-state index is -1.26. The lowest BCUT2D eigenvalue weighted by Gasteiger charge is -2.12. The smallest absolute Gasteiger partial charge is 0.144 e. The Bertz CT molecular complexity index is 685. The van der Waals surface area contributed by atoms with E-state index in [1.54, 1.807) is 6.21 Å². The zero-order chi connectivity index (χ0) is 16.2. The standard InChI is InChI=1S/C18H21NO2S/c1-14-8-10-16(11-9-14)21-17-7-5-6-15(12-17)13-19-22(20)18(2,3)4/h5-13H,1-4H3/t22-/m1/s1. The van der Waals surface area contributed by atoms with Crippen LogP contribution in [0.3, 0.4) is 0 Å². The number of hydrogen-bond donors (Lipinski definition) is 0. The predicted octanol–water partition coefficient (Wildman–Crippen LogP) is 4.67. The van der Waals surface area contributed by atoms with Gasteiger partial charge in [-0.3, -0.25) is 0 Å². The summed E-state index contributed by atoms with van der Waals surface area (Å²) < 4.78 is 21.5. The molecule has 3 nitrogen and oxygen atoms in total. The molecule has 0 aliphatic heterocycles. The molecule has 0 amide bonds. The van der Waals surface area contributed by atoms with Crippen molar-refractivity contribution in [1.29, 1.82) is 0 Å². The molecule has 0 saturated heterocycles. The van der Waals surface area contributed by atoms with E-state index in [1.165, 1.54) is 5.56 Å². The summed E-state index contributed by atoms with van der Waals surface area (Å²) in [4.78, 5) is 0. The van der Waals surface area contributed by atoms with Crippen LogP contribution in [0.25, 0.3) is 0 Å². The Hall–Kier alpha value is -1.94. The molecule has 0 saturated carbocycles. The van der Waals surface area contributed by atoms with Crippen molar-refractivity contribution < 1.29 is 8.95 Å². The molecule has 0 unspecified atom stereocenters. The fourth-order valence-corrected chi connectivity index (χ4v) is 2.20. The average Bonchev–Trinajstić information content (AvgIpc) is 2.46. The minimum Gasteiger partial charge on any atom is -0.457 e. The third-order valence-electron chi connectivity index (χ3n) is 2.94. The lowest BCUT2D eigenvalue weighted by molar-refractivity contribution is 0.482. The summed E-state index contributed by atoms with van der Waals surface area (Å²) in [6.07, 6.45) is 1.63. The van der Waals surface area contributed by atoms with Crippen molar-refractivity contribution in [3.63, 3.8) is 0 Å². The minimum absolute atomic E-state index is 0.355. The number of rotatable bonds is 4. The summed E-state index contributed by atoms with van der Waals surface area (Å²) in [5.74, 6) is 1.52. The molecule has 0 spiro atoms. The van der Waals surface area contributed by atoms with Gasteiger partial charge in [0.15, 0.2) is 0 Å². The number of hydrogen-bond acceptors (Lipinski definition) is 2. The SMILES string of the molecule is Cc1ccc(Oc2cccc(C=N[S@](=O)C(C)(C)C)c2)cc1. The second-order valence-electron chi connectivity index (χ2n) is 6.08. The van der Waals surface area contributed by atoms with Crippen molar-refractivity contribution in [3.05, 3.63) is 59.7 Å². The zero-order valence-electron chi connectivity index (χ0n) is 13.4. The molecule has 0 fully saturated rings. The van der Waals surface area contributed by atoms with Gasteiger partial charge in [-0.1, -0.05) is 29.8 Å². The predicted molar refractivity (Wildman–Crippen MR) is 93.2 cm³/mol. The van der Waals surface area contributed by atoms with Crippen LogP contribution in [0.1, 0.15) is 31.9 Å². The molecule has 0 N–H and O–H groups in total. The van der Waals surface area contributed by atoms with Crippen LogP contribution in [0.15, 0.2) is 52.9 Å². The molecular formula is C18H21NO2S. The van der Waals surface area contributed by atoms with Crippen molar-refractivity contribution in [2.45, 2.75) is 32.4 Å². The Labute approximate surface area is 134 Å². The van der Waals surface area contributed by atoms with Gasteiger partial charge in [-0.2, -0.15) is 4.40 Å². The molecule has 2 aromatic rings. The summed E-state index contributed by atoms with van der Waals surface area (Å²) in [6, 6.07) is 15.5. The van der Waals surface area contributed by atoms with Crippen LogP contribution in [0.4, 0.5) is 0 Å². The van der Waals surface area contributed by atoms with E-state index in [4.69, 9.17) is 4.74 Å². The van der Waals surface area contributed by atoms with Gasteiger partial charge in [0, 0.05) is 6.21 Å². The topological polar surface area (TPSA) is 38.7 Å². The summed E-state index contributed by atoms with van der Waals surface area (Å²) in [7, 11) is -1.26. The van der Waals surface area contributed by atoms with Gasteiger partial charge in [-0.05, 0) is 57.5 Å². The van der Waals surface area contributed by atoms with Crippen LogP contribution in [0.5, 0.6) is 11.5 Å². The van der Waals surface area contributed by atoms with Gasteiger partial charge in [0.25, 0.3) is 0 Å². The number of aryl methyl sites for hydroxylation is 1. The fourth-order valence-electron chi connectivity index (χ4n) is 1.67. The third-order valence-corrected chi connectivity index (χ3v) is 4.28. The highest BCUT2D eigenvalue weighted by Crippen LogP contribution is 2.22. The van der Waals surface area contributed by atoms with E-state index in [9.17, 15) is 4.21 Å². The maximum Gasteiger partial charge on any atom is 0.144 e. The Morgan fingerprint density at radius 1 is 1.05 bits per heavy atom. The highest BCUT2D eigenvalue weighted by Gasteiger charge is 2.18. The zero-order valence-corrected chi connectivity index (χ0v) is 14.2. The van der Waals surface area contributed by atoms with E-state index in [1.807, 2.05) is 76.2 Å². The number of nitrogens with zero attached hydrogens (tertiary/aromatic N) is 1. The molecule has 2 rings (SSSR count). The van der Waals surface area contributed by atoms with Gasteiger partial charge in [-0.25, -0.2) is 4.21 Å². The van der Waals surface area contributed by atoms with E-state index in [2.05, 4.69) is 4.40 Å². The molecule has 116 valence electrons. The Balaban J connectivity index is 2.11. The van der Waals surface area contributed by atoms with Crippen LogP contribution in [0, 0.1) is 6.92 Å². The van der Waals surface area contributed by atoms with E-state index in [0.717, 1.165) is 17.1 Å². The molecule has 1 atom stereocenters. The molecule has 22 heavy (non-hydrogen) atoms. The molecular weight excluding hydrogens is 294 g/mol. The second kappa shape index (κ2) is 6.88. The summed E-state index contributed by atoms with van der Waals surface area (Å²) in [6.45, 7) is 7.74. The maximum absolute atomic E-state index is 11.9. The Kier molecular flexibility index (Phi) is 5.14. The molecule has 0 bridgehead atoms. The van der Waals surface area contributed by atoms with Crippen molar-refractivity contribution in [2.75, 3.05) is 0 Å². The quantitative estimate of drug-likeness (QED) is 0.769. The van der Waals surface area contributed by atoms with E-state index in [-0.39, 0.29) is 4.75 Å². The average molecular weight is 315 g/mol. The van der Waals surface area contributed by atoms with E-state index < -0.39 is 11.0 Å². The number of ether oxygens (including phenoxy) is 1. The van der Waals surface area contributed by atoms with Crippen molar-refractivity contribution in [1.82, 2.24) is 0 Å². The molecule has 0 heterocycles. The normalized spacial score (nSPS) is 13.3. The molecule has 0 radical (unpaired) electrons. The lowest BCUT2D eigenvalue weighted by atomic mass is 10.2. The van der Waals surface area contributed by atoms with Crippen molar-refractivity contribution in [2.24, 2.45) is 4.40 Å². The summed E-state index contributed by atoms with van der Waals surface area (Å²) >= 11 is 0. The number of benzene rings is 2. The van der Waals surface area contributed by atoms with Gasteiger partial charge < -0.3 is 4.74 Å². The second-order valence-corrected chi connectivity index (χ2v) is 8.02. The molecule has 0 aromatic heterocycles. The van der Waals surface area contributed by atoms with Crippen molar-refractivity contribution >= 4 is 17.2 Å². The Morgan fingerprint density at radius 2 is 1.73 bits per heavy atom. The van der Waals surface area contributed by atoms with Gasteiger partial charge in [-0.15, -0.1) is 0 Å². The molecule has 0 aliphatic carbocycles. The maximum atomic E-state index is 11.9. The van der Waals surface area contributed by atoms with Crippen LogP contribution >= 0.6 is 0 Å². The van der Waals surface area contributed by atoms with Crippen LogP contribution < -0.4 is 4.74 Å². The van der Waals surface area contributed by atoms with Crippen LogP contribution in [-0.2, 0) is 11.0 Å². The van der Waals surface area contributed by atoms with Gasteiger partial charge >= 0.3 is 0 Å². The van der Waals surface area contributed by atoms with E-state index >= 15 is 0 Å². The largest absolute Gasteiger partial charge is 0.457 e. The summed E-state index contributed by atoms with van der Waals surface area (Å²) in [5, 5.41) is 0. The molecule has 2 aromatic carbocycles. The van der Waals surface area contributed by atoms with Crippen molar-refractivity contribution in [3.8, 4) is 11.5 Å². The van der Waals surface area contributed by atoms with E-state index in [0.29, 0.717) is 0 Å². The lowest BCUT2D eigenvalue weighted by Crippen LogP contribution is -2.19. The first-order valence-electron chi connectivity index (χ1n) is 7.15. The first-order chi connectivity index (χ1) is 10.3. The Morgan fingerprint density at radius 3 is 2.36 bits per heavy atom. The van der Waals surface area contributed by atoms with Crippen LogP contribution in [0.2, 0.25) is 0 Å². The van der Waals surface area contributed by atoms with Crippen LogP contribution in [-0.4, -0.2) is 15.2 Å². The first-order valence-corrected chi connectivity index (χ1v) is 8.26. The van der Waals surface area contributed by atoms with Gasteiger partial charge in [0.05, 0.1) is 4.75 Å². The molecule has 4 heteroatoms. The third kappa shape index (κ3) is 4.81. The monoisotopic (exact) mass is 315 g/mol. The molecule has 0 aliphatic rings. The highest BCUT2D eigenvalue weighted by molar-refractivity contribution is 7.85. The fraction of sp³-hybridized carbons (Fsp3) is 0.278. The van der Waals surface area contributed by atoms with Gasteiger partial charge in [0.2, 0.25) is 0 Å².